The molecule has 1 spiro atoms. The second kappa shape index (κ2) is 12.1. The molecule has 7 atom stereocenters. The lowest BCUT2D eigenvalue weighted by Gasteiger charge is -2.46. The van der Waals surface area contributed by atoms with Crippen LogP contribution in [0.2, 0.25) is 0 Å². The van der Waals surface area contributed by atoms with Crippen molar-refractivity contribution in [1.82, 2.24) is 14.7 Å². The molecule has 1 aromatic carbocycles. The van der Waals surface area contributed by atoms with Crippen LogP contribution in [-0.4, -0.2) is 86.0 Å². The summed E-state index contributed by atoms with van der Waals surface area (Å²) in [5.41, 5.74) is -1.79. The van der Waals surface area contributed by atoms with Crippen LogP contribution in [0.25, 0.3) is 0 Å². The van der Waals surface area contributed by atoms with Gasteiger partial charge in [0.05, 0.1) is 30.1 Å². The van der Waals surface area contributed by atoms with E-state index in [-0.39, 0.29) is 35.7 Å². The van der Waals surface area contributed by atoms with Crippen molar-refractivity contribution in [2.24, 2.45) is 23.2 Å². The molecule has 0 aliphatic carbocycles. The molecule has 3 amide bonds. The number of ether oxygens (including phenoxy) is 1. The molecule has 44 heavy (non-hydrogen) atoms. The molecule has 0 saturated carbocycles. The van der Waals surface area contributed by atoms with E-state index < -0.39 is 40.7 Å². The molecule has 2 bridgehead atoms. The molecule has 4 rings (SSSR count). The Labute approximate surface area is 264 Å². The van der Waals surface area contributed by atoms with Crippen molar-refractivity contribution in [2.75, 3.05) is 19.7 Å². The Bertz CT molecular complexity index is 1270. The van der Waals surface area contributed by atoms with Crippen molar-refractivity contribution in [3.05, 3.63) is 61.2 Å². The second-order valence-corrected chi connectivity index (χ2v) is 15.3. The normalized spacial score (nSPS) is 30.2. The van der Waals surface area contributed by atoms with Gasteiger partial charge >= 0.3 is 0 Å². The number of likely N-dealkylation sites (tertiary alicyclic amines) is 1. The fourth-order valence-corrected chi connectivity index (χ4v) is 8.59. The van der Waals surface area contributed by atoms with Gasteiger partial charge in [0, 0.05) is 25.2 Å². The predicted octanol–water partition coefficient (Wildman–Crippen LogP) is 4.82. The Balaban J connectivity index is 1.83. The number of carbonyl (C=O) groups is 3. The SMILES string of the molecule is C=CCN(Cc1ccccc1)C(=O)[C@@H]1[C@H]2C(=O)N([C@H](C)CO)C(C(=O)N(CC=C)C(C)(C)CC(C)(C)C)C23CC(C)[C@@]1(C)O3. The molecule has 8 nitrogen and oxygen atoms in total. The summed E-state index contributed by atoms with van der Waals surface area (Å²) in [6, 6.07) is 8.13. The molecule has 242 valence electrons. The van der Waals surface area contributed by atoms with Crippen LogP contribution in [0.3, 0.4) is 0 Å². The number of rotatable bonds is 12. The zero-order valence-electron chi connectivity index (χ0n) is 28.0. The fourth-order valence-electron chi connectivity index (χ4n) is 8.59. The zero-order chi connectivity index (χ0) is 32.8. The maximum atomic E-state index is 14.9. The monoisotopic (exact) mass is 607 g/mol. The third kappa shape index (κ3) is 5.64. The van der Waals surface area contributed by atoms with Gasteiger partial charge in [0.2, 0.25) is 17.7 Å². The maximum Gasteiger partial charge on any atom is 0.249 e. The molecule has 0 aromatic heterocycles. The largest absolute Gasteiger partial charge is 0.394 e. The third-order valence-electron chi connectivity index (χ3n) is 10.1. The lowest BCUT2D eigenvalue weighted by Crippen LogP contribution is -2.62. The number of hydrogen-bond donors (Lipinski definition) is 1. The quantitative estimate of drug-likeness (QED) is 0.344. The van der Waals surface area contributed by atoms with E-state index in [1.54, 1.807) is 24.0 Å². The molecular weight excluding hydrogens is 554 g/mol. The second-order valence-electron chi connectivity index (χ2n) is 15.3. The number of hydrogen-bond acceptors (Lipinski definition) is 5. The molecule has 3 heterocycles. The highest BCUT2D eigenvalue weighted by Crippen LogP contribution is 2.66. The van der Waals surface area contributed by atoms with Gasteiger partial charge in [0.1, 0.15) is 11.6 Å². The van der Waals surface area contributed by atoms with Gasteiger partial charge in [-0.25, -0.2) is 0 Å². The minimum atomic E-state index is -1.20. The van der Waals surface area contributed by atoms with Crippen LogP contribution in [0.1, 0.15) is 73.8 Å². The first kappa shape index (κ1) is 33.9. The van der Waals surface area contributed by atoms with Gasteiger partial charge in [0.25, 0.3) is 0 Å². The smallest absolute Gasteiger partial charge is 0.249 e. The number of nitrogens with zero attached hydrogens (tertiary/aromatic N) is 3. The number of benzene rings is 1. The average molecular weight is 608 g/mol. The molecule has 3 aliphatic rings. The number of aliphatic hydroxyl groups excluding tert-OH is 1. The number of aliphatic hydroxyl groups is 1. The Morgan fingerprint density at radius 2 is 1.73 bits per heavy atom. The summed E-state index contributed by atoms with van der Waals surface area (Å²) in [5.74, 6) is -2.43. The van der Waals surface area contributed by atoms with Crippen LogP contribution in [0, 0.1) is 23.2 Å². The molecule has 1 aromatic rings. The summed E-state index contributed by atoms with van der Waals surface area (Å²) in [4.78, 5) is 49.2. The van der Waals surface area contributed by atoms with Crippen molar-refractivity contribution in [2.45, 2.75) is 104 Å². The van der Waals surface area contributed by atoms with Crippen LogP contribution in [0.4, 0.5) is 0 Å². The first-order valence-corrected chi connectivity index (χ1v) is 16.0. The first-order chi connectivity index (χ1) is 20.5. The number of amides is 3. The average Bonchev–Trinajstić information content (AvgIpc) is 3.46. The lowest BCUT2D eigenvalue weighted by atomic mass is 9.62. The van der Waals surface area contributed by atoms with E-state index in [1.807, 2.05) is 56.0 Å². The van der Waals surface area contributed by atoms with Gasteiger partial charge in [-0.05, 0) is 57.4 Å². The van der Waals surface area contributed by atoms with E-state index in [9.17, 15) is 19.5 Å². The van der Waals surface area contributed by atoms with Crippen molar-refractivity contribution >= 4 is 17.7 Å². The fraction of sp³-hybridized carbons (Fsp3) is 0.639. The summed E-state index contributed by atoms with van der Waals surface area (Å²) in [6.45, 7) is 24.8. The zero-order valence-corrected chi connectivity index (χ0v) is 28.0. The van der Waals surface area contributed by atoms with Gasteiger partial charge in [-0.1, -0.05) is 70.2 Å². The van der Waals surface area contributed by atoms with Crippen molar-refractivity contribution in [1.29, 1.82) is 0 Å². The highest BCUT2D eigenvalue weighted by atomic mass is 16.5. The summed E-state index contributed by atoms with van der Waals surface area (Å²) >= 11 is 0. The standard InChI is InChI=1S/C36H53N3O5/c1-11-18-37(21-26-16-14-13-15-17-26)30(41)27-28-31(42)39(25(4)22-40)29(36(28)20-24(3)35(27,10)44-36)32(43)38(19-12-2)34(8,9)23-33(5,6)7/h11-17,24-25,27-29,40H,1-2,18-23H2,3-10H3/t24?,25-,27+,28+,29?,35-,36?/m1/s1. The van der Waals surface area contributed by atoms with Crippen molar-refractivity contribution in [3.63, 3.8) is 0 Å². The Morgan fingerprint density at radius 3 is 2.27 bits per heavy atom. The van der Waals surface area contributed by atoms with E-state index in [0.717, 1.165) is 12.0 Å². The van der Waals surface area contributed by atoms with Crippen LogP contribution in [0.15, 0.2) is 55.6 Å². The van der Waals surface area contributed by atoms with Crippen molar-refractivity contribution in [3.8, 4) is 0 Å². The number of fused-ring (bicyclic) bond motifs is 1. The van der Waals surface area contributed by atoms with Crippen LogP contribution < -0.4 is 0 Å². The summed E-state index contributed by atoms with van der Waals surface area (Å²) in [6.07, 6.45) is 4.60. The Hall–Kier alpha value is -2.97. The van der Waals surface area contributed by atoms with E-state index in [2.05, 4.69) is 40.9 Å². The highest BCUT2D eigenvalue weighted by Gasteiger charge is 2.80. The van der Waals surface area contributed by atoms with E-state index in [1.165, 1.54) is 4.90 Å². The highest BCUT2D eigenvalue weighted by molar-refractivity contribution is 5.99. The minimum Gasteiger partial charge on any atom is -0.394 e. The minimum absolute atomic E-state index is 0.0667. The predicted molar refractivity (Wildman–Crippen MR) is 172 cm³/mol. The van der Waals surface area contributed by atoms with Gasteiger partial charge in [-0.3, -0.25) is 14.4 Å². The van der Waals surface area contributed by atoms with Gasteiger partial charge < -0.3 is 24.5 Å². The molecular formula is C36H53N3O5. The van der Waals surface area contributed by atoms with Gasteiger partial charge in [-0.2, -0.15) is 0 Å². The molecule has 0 radical (unpaired) electrons. The summed E-state index contributed by atoms with van der Waals surface area (Å²) in [7, 11) is 0. The molecule has 1 N–H and O–H groups in total. The summed E-state index contributed by atoms with van der Waals surface area (Å²) in [5, 5.41) is 10.3. The van der Waals surface area contributed by atoms with Gasteiger partial charge in [0.15, 0.2) is 0 Å². The maximum absolute atomic E-state index is 14.9. The first-order valence-electron chi connectivity index (χ1n) is 16.0. The molecule has 8 heteroatoms. The van der Waals surface area contributed by atoms with Crippen LogP contribution in [0.5, 0.6) is 0 Å². The number of carbonyl (C=O) groups excluding carboxylic acids is 3. The van der Waals surface area contributed by atoms with Crippen LogP contribution in [-0.2, 0) is 25.7 Å². The van der Waals surface area contributed by atoms with E-state index >= 15 is 0 Å². The summed E-state index contributed by atoms with van der Waals surface area (Å²) < 4.78 is 6.98. The Morgan fingerprint density at radius 1 is 1.11 bits per heavy atom. The molecule has 3 aliphatic heterocycles. The molecule has 3 saturated heterocycles. The molecule has 3 unspecified atom stereocenters. The van der Waals surface area contributed by atoms with Crippen LogP contribution >= 0.6 is 0 Å². The third-order valence-corrected chi connectivity index (χ3v) is 10.1. The Kier molecular flexibility index (Phi) is 9.32. The van der Waals surface area contributed by atoms with Gasteiger partial charge in [-0.15, -0.1) is 13.2 Å². The molecule has 3 fully saturated rings. The van der Waals surface area contributed by atoms with E-state index in [4.69, 9.17) is 4.74 Å². The topological polar surface area (TPSA) is 90.4 Å². The van der Waals surface area contributed by atoms with E-state index in [0.29, 0.717) is 26.1 Å². The lowest BCUT2D eigenvalue weighted by molar-refractivity contribution is -0.160. The van der Waals surface area contributed by atoms with Crippen molar-refractivity contribution < 1.29 is 24.2 Å².